The van der Waals surface area contributed by atoms with Crippen LogP contribution in [0, 0.1) is 6.92 Å². The normalized spacial score (nSPS) is 12.2. The van der Waals surface area contributed by atoms with Gasteiger partial charge in [0.1, 0.15) is 5.69 Å². The fourth-order valence-electron chi connectivity index (χ4n) is 3.81. The lowest BCUT2D eigenvalue weighted by molar-refractivity contribution is 0.276. The van der Waals surface area contributed by atoms with Crippen molar-refractivity contribution in [2.75, 3.05) is 11.9 Å². The highest BCUT2D eigenvalue weighted by Crippen LogP contribution is 2.35. The van der Waals surface area contributed by atoms with Crippen molar-refractivity contribution in [1.82, 2.24) is 15.2 Å². The molecule has 0 aliphatic heterocycles. The fourth-order valence-corrected chi connectivity index (χ4v) is 3.81. The van der Waals surface area contributed by atoms with Crippen molar-refractivity contribution in [3.63, 3.8) is 0 Å². The molecule has 3 aromatic heterocycles. The number of furan rings is 1. The number of aromatic amines is 1. The Labute approximate surface area is 179 Å². The fraction of sp³-hybridized carbons (Fsp3) is 0.120. The molecule has 0 saturated carbocycles. The summed E-state index contributed by atoms with van der Waals surface area (Å²) in [6.45, 7) is 1.96. The van der Waals surface area contributed by atoms with Gasteiger partial charge in [-0.1, -0.05) is 36.4 Å². The summed E-state index contributed by atoms with van der Waals surface area (Å²) in [5, 5.41) is 21.8. The zero-order valence-corrected chi connectivity index (χ0v) is 17.0. The van der Waals surface area contributed by atoms with Crippen molar-refractivity contribution >= 4 is 16.6 Å². The number of H-pyrrole nitrogens is 1. The van der Waals surface area contributed by atoms with Gasteiger partial charge in [0.05, 0.1) is 42.0 Å². The van der Waals surface area contributed by atoms with Gasteiger partial charge in [0, 0.05) is 10.9 Å². The van der Waals surface area contributed by atoms with E-state index in [1.165, 1.54) is 0 Å². The Balaban J connectivity index is 1.59. The summed E-state index contributed by atoms with van der Waals surface area (Å²) in [6, 6.07) is 21.6. The summed E-state index contributed by atoms with van der Waals surface area (Å²) in [6.07, 6.45) is 3.42. The van der Waals surface area contributed by atoms with E-state index in [1.54, 1.807) is 12.5 Å². The van der Waals surface area contributed by atoms with Crippen LogP contribution in [-0.2, 0) is 0 Å². The third-order valence-corrected chi connectivity index (χ3v) is 5.43. The number of benzene rings is 2. The molecular weight excluding hydrogens is 388 g/mol. The molecule has 0 aliphatic rings. The first-order valence-electron chi connectivity index (χ1n) is 10.1. The van der Waals surface area contributed by atoms with Crippen molar-refractivity contribution < 1.29 is 9.52 Å². The minimum Gasteiger partial charge on any atom is -0.463 e. The van der Waals surface area contributed by atoms with Crippen LogP contribution in [-0.4, -0.2) is 26.9 Å². The van der Waals surface area contributed by atoms with Crippen LogP contribution in [0.2, 0.25) is 0 Å². The van der Waals surface area contributed by atoms with Crippen LogP contribution >= 0.6 is 0 Å². The molecule has 1 unspecified atom stereocenters. The van der Waals surface area contributed by atoms with E-state index >= 15 is 0 Å². The number of rotatable bonds is 6. The minimum absolute atomic E-state index is 0.0283. The van der Waals surface area contributed by atoms with Gasteiger partial charge < -0.3 is 14.8 Å². The Morgan fingerprint density at radius 1 is 1.06 bits per heavy atom. The first-order valence-corrected chi connectivity index (χ1v) is 10.1. The van der Waals surface area contributed by atoms with Crippen LogP contribution in [0.15, 0.2) is 83.6 Å². The van der Waals surface area contributed by atoms with E-state index in [0.29, 0.717) is 5.76 Å². The second-order valence-electron chi connectivity index (χ2n) is 7.46. The zero-order valence-electron chi connectivity index (χ0n) is 17.0. The third kappa shape index (κ3) is 3.69. The molecular formula is C25H22N4O2. The van der Waals surface area contributed by atoms with Gasteiger partial charge in [-0.15, -0.1) is 0 Å². The molecule has 6 heteroatoms. The van der Waals surface area contributed by atoms with Crippen molar-refractivity contribution in [3.05, 3.63) is 90.4 Å². The molecule has 5 aromatic rings. The van der Waals surface area contributed by atoms with E-state index < -0.39 is 0 Å². The quantitative estimate of drug-likeness (QED) is 0.352. The molecule has 5 rings (SSSR count). The monoisotopic (exact) mass is 410 g/mol. The Bertz CT molecular complexity index is 1310. The summed E-state index contributed by atoms with van der Waals surface area (Å²) < 4.78 is 5.65. The Kier molecular flexibility index (Phi) is 4.98. The minimum atomic E-state index is -0.232. The summed E-state index contributed by atoms with van der Waals surface area (Å²) in [7, 11) is 0. The SMILES string of the molecule is Cc1n[nH]c2ccc(-c3cc(NC(CO)c4ccccc4)cnc3-c3ccco3)cc12. The van der Waals surface area contributed by atoms with Crippen LogP contribution < -0.4 is 5.32 Å². The molecule has 2 aromatic carbocycles. The highest BCUT2D eigenvalue weighted by Gasteiger charge is 2.16. The highest BCUT2D eigenvalue weighted by atomic mass is 16.3. The first kappa shape index (κ1) is 19.1. The number of hydrogen-bond donors (Lipinski definition) is 3. The number of nitrogens with zero attached hydrogens (tertiary/aromatic N) is 2. The smallest absolute Gasteiger partial charge is 0.152 e. The molecule has 1 atom stereocenters. The van der Waals surface area contributed by atoms with Gasteiger partial charge in [0.15, 0.2) is 5.76 Å². The van der Waals surface area contributed by atoms with E-state index in [4.69, 9.17) is 9.40 Å². The number of aryl methyl sites for hydroxylation is 1. The lowest BCUT2D eigenvalue weighted by atomic mass is 9.99. The number of fused-ring (bicyclic) bond motifs is 1. The van der Waals surface area contributed by atoms with Gasteiger partial charge in [-0.2, -0.15) is 5.10 Å². The second kappa shape index (κ2) is 8.08. The van der Waals surface area contributed by atoms with Crippen LogP contribution in [0.3, 0.4) is 0 Å². The number of aromatic nitrogens is 3. The van der Waals surface area contributed by atoms with Crippen LogP contribution in [0.25, 0.3) is 33.5 Å². The number of aliphatic hydroxyl groups is 1. The maximum Gasteiger partial charge on any atom is 0.152 e. The lowest BCUT2D eigenvalue weighted by Crippen LogP contribution is -2.15. The molecule has 0 amide bonds. The van der Waals surface area contributed by atoms with Gasteiger partial charge in [0.2, 0.25) is 0 Å². The molecule has 3 N–H and O–H groups in total. The van der Waals surface area contributed by atoms with E-state index in [2.05, 4.69) is 21.6 Å². The topological polar surface area (TPSA) is 87.0 Å². The number of anilines is 1. The van der Waals surface area contributed by atoms with Crippen LogP contribution in [0.5, 0.6) is 0 Å². The van der Waals surface area contributed by atoms with Crippen molar-refractivity contribution in [1.29, 1.82) is 0 Å². The Morgan fingerprint density at radius 3 is 2.71 bits per heavy atom. The predicted molar refractivity (Wildman–Crippen MR) is 122 cm³/mol. The van der Waals surface area contributed by atoms with E-state index in [0.717, 1.165) is 44.7 Å². The molecule has 3 heterocycles. The number of hydrogen-bond acceptors (Lipinski definition) is 5. The summed E-state index contributed by atoms with van der Waals surface area (Å²) in [5.41, 5.74) is 6.48. The maximum absolute atomic E-state index is 9.95. The molecule has 0 fully saturated rings. The van der Waals surface area contributed by atoms with Gasteiger partial charge in [-0.25, -0.2) is 0 Å². The summed E-state index contributed by atoms with van der Waals surface area (Å²) >= 11 is 0. The standard InChI is InChI=1S/C25H22N4O2/c1-16-20-12-18(9-10-22(20)29-28-16)21-13-19(14-26-25(21)24-8-5-11-31-24)27-23(15-30)17-6-3-2-4-7-17/h2-14,23,27,30H,15H2,1H3,(H,28,29). The molecule has 0 aliphatic carbocycles. The summed E-state index contributed by atoms with van der Waals surface area (Å²) in [4.78, 5) is 4.71. The molecule has 0 saturated heterocycles. The average Bonchev–Trinajstić information content (AvgIpc) is 3.48. The first-order chi connectivity index (χ1) is 15.2. The molecule has 154 valence electrons. The molecule has 31 heavy (non-hydrogen) atoms. The number of nitrogens with one attached hydrogen (secondary N) is 2. The average molecular weight is 410 g/mol. The van der Waals surface area contributed by atoms with E-state index in [1.807, 2.05) is 67.6 Å². The zero-order chi connectivity index (χ0) is 21.2. The van der Waals surface area contributed by atoms with Gasteiger partial charge in [-0.05, 0) is 48.4 Å². The predicted octanol–water partition coefficient (Wildman–Crippen LogP) is 5.34. The van der Waals surface area contributed by atoms with E-state index in [-0.39, 0.29) is 12.6 Å². The van der Waals surface area contributed by atoms with Crippen molar-refractivity contribution in [3.8, 4) is 22.6 Å². The van der Waals surface area contributed by atoms with Gasteiger partial charge in [0.25, 0.3) is 0 Å². The van der Waals surface area contributed by atoms with Crippen LogP contribution in [0.4, 0.5) is 5.69 Å². The van der Waals surface area contributed by atoms with Crippen LogP contribution in [0.1, 0.15) is 17.3 Å². The van der Waals surface area contributed by atoms with Gasteiger partial charge in [-0.3, -0.25) is 10.1 Å². The Morgan fingerprint density at radius 2 is 1.94 bits per heavy atom. The second-order valence-corrected chi connectivity index (χ2v) is 7.46. The van der Waals surface area contributed by atoms with E-state index in [9.17, 15) is 5.11 Å². The summed E-state index contributed by atoms with van der Waals surface area (Å²) in [5.74, 6) is 0.701. The van der Waals surface area contributed by atoms with Crippen molar-refractivity contribution in [2.24, 2.45) is 0 Å². The largest absolute Gasteiger partial charge is 0.463 e. The number of pyridine rings is 1. The maximum atomic E-state index is 9.95. The number of aliphatic hydroxyl groups excluding tert-OH is 1. The molecule has 0 radical (unpaired) electrons. The Hall–Kier alpha value is -3.90. The molecule has 0 spiro atoms. The lowest BCUT2D eigenvalue weighted by Gasteiger charge is -2.19. The molecule has 0 bridgehead atoms. The molecule has 6 nitrogen and oxygen atoms in total. The highest BCUT2D eigenvalue weighted by molar-refractivity contribution is 5.90. The third-order valence-electron chi connectivity index (χ3n) is 5.43. The van der Waals surface area contributed by atoms with Gasteiger partial charge >= 0.3 is 0 Å². The van der Waals surface area contributed by atoms with Crippen molar-refractivity contribution in [2.45, 2.75) is 13.0 Å².